The van der Waals surface area contributed by atoms with Gasteiger partial charge in [-0.3, -0.25) is 9.59 Å². The van der Waals surface area contributed by atoms with Crippen molar-refractivity contribution in [2.24, 2.45) is 11.8 Å². The fourth-order valence-corrected chi connectivity index (χ4v) is 6.68. The Morgan fingerprint density at radius 2 is 1.36 bits per heavy atom. The molecule has 2 bridgehead atoms. The van der Waals surface area contributed by atoms with E-state index in [2.05, 4.69) is 0 Å². The molecule has 3 aliphatic rings. The molecule has 0 spiro atoms. The molecule has 1 aromatic rings. The Balaban J connectivity index is 1.94. The predicted octanol–water partition coefficient (Wildman–Crippen LogP) is 4.05. The van der Waals surface area contributed by atoms with Crippen LogP contribution in [0, 0.1) is 11.8 Å². The first-order valence-corrected chi connectivity index (χ1v) is 9.17. The zero-order valence-corrected chi connectivity index (χ0v) is 16.4. The number of fused-ring (bicyclic) bond motifs is 5. The van der Waals surface area contributed by atoms with Gasteiger partial charge in [-0.2, -0.15) is 0 Å². The molecular formula is C16H10Cl5NO3. The van der Waals surface area contributed by atoms with E-state index in [0.29, 0.717) is 5.69 Å². The molecule has 1 aromatic carbocycles. The summed E-state index contributed by atoms with van der Waals surface area (Å²) in [5.74, 6) is -3.26. The number of carbonyl (C=O) groups is 2. The number of methoxy groups -OCH3 is 1. The molecule has 2 aliphatic carbocycles. The Morgan fingerprint density at radius 1 is 0.920 bits per heavy atom. The molecule has 0 N–H and O–H groups in total. The van der Waals surface area contributed by atoms with Crippen molar-refractivity contribution in [3.63, 3.8) is 0 Å². The first-order chi connectivity index (χ1) is 11.7. The number of rotatable bonds is 2. The number of ether oxygens (including phenoxy) is 1. The van der Waals surface area contributed by atoms with E-state index in [1.807, 2.05) is 0 Å². The monoisotopic (exact) mass is 439 g/mol. The number of anilines is 1. The molecule has 0 aromatic heterocycles. The van der Waals surface area contributed by atoms with Crippen molar-refractivity contribution in [3.05, 3.63) is 40.4 Å². The number of hydrogen-bond acceptors (Lipinski definition) is 3. The van der Waals surface area contributed by atoms with E-state index in [4.69, 9.17) is 62.7 Å². The van der Waals surface area contributed by atoms with Crippen molar-refractivity contribution in [3.8, 4) is 0 Å². The van der Waals surface area contributed by atoms with Crippen molar-refractivity contribution >= 4 is 75.5 Å². The van der Waals surface area contributed by atoms with Crippen LogP contribution in [-0.2, 0) is 14.3 Å². The number of halogens is 5. The van der Waals surface area contributed by atoms with Crippen LogP contribution in [0.1, 0.15) is 0 Å². The molecule has 1 aliphatic heterocycles. The number of nitrogens with zero attached hydrogens (tertiary/aromatic N) is 1. The van der Waals surface area contributed by atoms with Gasteiger partial charge in [0.1, 0.15) is 9.75 Å². The molecule has 25 heavy (non-hydrogen) atoms. The number of carbonyl (C=O) groups excluding carboxylic acids is 2. The van der Waals surface area contributed by atoms with E-state index in [-0.39, 0.29) is 10.1 Å². The van der Waals surface area contributed by atoms with Gasteiger partial charge in [-0.05, 0) is 12.1 Å². The van der Waals surface area contributed by atoms with Gasteiger partial charge in [-0.25, -0.2) is 4.90 Å². The second-order valence-electron chi connectivity index (χ2n) is 6.15. The summed E-state index contributed by atoms with van der Waals surface area (Å²) in [6.07, 6.45) is 0. The maximum absolute atomic E-state index is 13.1. The van der Waals surface area contributed by atoms with Gasteiger partial charge in [0.15, 0.2) is 5.06 Å². The summed E-state index contributed by atoms with van der Waals surface area (Å²) in [6, 6.07) is 8.48. The Kier molecular flexibility index (Phi) is 3.78. The maximum atomic E-state index is 13.1. The second kappa shape index (κ2) is 5.28. The van der Waals surface area contributed by atoms with E-state index in [1.165, 1.54) is 7.11 Å². The van der Waals surface area contributed by atoms with Gasteiger partial charge in [0, 0.05) is 7.11 Å². The molecule has 132 valence electrons. The minimum Gasteiger partial charge on any atom is -0.358 e. The van der Waals surface area contributed by atoms with Gasteiger partial charge >= 0.3 is 0 Å². The van der Waals surface area contributed by atoms with Crippen molar-refractivity contribution in [1.29, 1.82) is 0 Å². The maximum Gasteiger partial charge on any atom is 0.240 e. The van der Waals surface area contributed by atoms with Crippen LogP contribution in [0.5, 0.6) is 0 Å². The zero-order chi connectivity index (χ0) is 18.4. The minimum atomic E-state index is -1.83. The third-order valence-corrected chi connectivity index (χ3v) is 8.82. The predicted molar refractivity (Wildman–Crippen MR) is 97.4 cm³/mol. The Morgan fingerprint density at radius 3 is 1.76 bits per heavy atom. The highest BCUT2D eigenvalue weighted by Crippen LogP contribution is 2.76. The summed E-state index contributed by atoms with van der Waals surface area (Å²) in [5.41, 5.74) is 0.414. The molecule has 1 heterocycles. The molecule has 1 unspecified atom stereocenters. The van der Waals surface area contributed by atoms with E-state index >= 15 is 0 Å². The second-order valence-corrected chi connectivity index (χ2v) is 8.63. The lowest BCUT2D eigenvalue weighted by Gasteiger charge is -2.38. The van der Waals surface area contributed by atoms with Gasteiger partial charge in [0.05, 0.1) is 27.6 Å². The van der Waals surface area contributed by atoms with Crippen molar-refractivity contribution in [2.75, 3.05) is 12.0 Å². The van der Waals surface area contributed by atoms with Gasteiger partial charge in [-0.1, -0.05) is 53.0 Å². The molecule has 4 nitrogen and oxygen atoms in total. The summed E-state index contributed by atoms with van der Waals surface area (Å²) < 4.78 is 5.37. The number of imide groups is 1. The topological polar surface area (TPSA) is 46.6 Å². The smallest absolute Gasteiger partial charge is 0.240 e. The molecule has 5 atom stereocenters. The van der Waals surface area contributed by atoms with Crippen LogP contribution in [0.15, 0.2) is 40.4 Å². The average molecular weight is 442 g/mol. The van der Waals surface area contributed by atoms with Gasteiger partial charge in [0.2, 0.25) is 11.8 Å². The van der Waals surface area contributed by atoms with Crippen molar-refractivity contribution in [2.45, 2.75) is 14.8 Å². The van der Waals surface area contributed by atoms with Crippen LogP contribution in [0.2, 0.25) is 0 Å². The number of alkyl halides is 3. The fourth-order valence-electron chi connectivity index (χ4n) is 4.14. The number of hydrogen-bond donors (Lipinski definition) is 0. The van der Waals surface area contributed by atoms with Crippen LogP contribution in [-0.4, -0.2) is 33.7 Å². The van der Waals surface area contributed by atoms with E-state index < -0.39 is 38.5 Å². The first-order valence-electron chi connectivity index (χ1n) is 7.29. The number of benzene rings is 1. The van der Waals surface area contributed by atoms with Crippen LogP contribution >= 0.6 is 58.0 Å². The summed E-state index contributed by atoms with van der Waals surface area (Å²) in [7, 11) is 1.28. The van der Waals surface area contributed by atoms with E-state index in [1.54, 1.807) is 30.3 Å². The summed E-state index contributed by atoms with van der Waals surface area (Å²) in [5, 5.41) is -1.97. The quantitative estimate of drug-likeness (QED) is 0.514. The standard InChI is InChI=1S/C16H10Cl5NO3/c1-25-16(21)14(19)8-9(15(16,20)11(18)10(14)17)13(24)22(12(8)23)7-5-3-2-4-6-7/h2-6,8-9H,1H3/t8-,9+,14+,15-,16?. The van der Waals surface area contributed by atoms with E-state index in [9.17, 15) is 9.59 Å². The number of amides is 2. The molecule has 2 fully saturated rings. The largest absolute Gasteiger partial charge is 0.358 e. The summed E-state index contributed by atoms with van der Waals surface area (Å²) in [4.78, 5) is 23.8. The lowest BCUT2D eigenvalue weighted by molar-refractivity contribution is -0.124. The van der Waals surface area contributed by atoms with Crippen LogP contribution < -0.4 is 4.90 Å². The Labute approximate surface area is 168 Å². The SMILES string of the molecule is COC1(Cl)[C@@]2(Cl)C(Cl)=C(Cl)[C@]1(Cl)[C@@H]1C(=O)N(c3ccccc3)C(=O)[C@@H]12. The highest BCUT2D eigenvalue weighted by molar-refractivity contribution is 6.58. The van der Waals surface area contributed by atoms with Crippen LogP contribution in [0.25, 0.3) is 0 Å². The minimum absolute atomic E-state index is 0.0694. The molecule has 4 rings (SSSR count). The molecule has 1 saturated carbocycles. The lowest BCUT2D eigenvalue weighted by atomic mass is 9.84. The molecule has 1 saturated heterocycles. The first kappa shape index (κ1) is 17.9. The highest BCUT2D eigenvalue weighted by atomic mass is 35.5. The Hall–Kier alpha value is -0.490. The molecule has 0 radical (unpaired) electrons. The third-order valence-electron chi connectivity index (χ3n) is 5.23. The lowest BCUT2D eigenvalue weighted by Crippen LogP contribution is -2.55. The molecule has 9 heteroatoms. The highest BCUT2D eigenvalue weighted by Gasteiger charge is 2.88. The normalized spacial score (nSPS) is 42.6. The zero-order valence-electron chi connectivity index (χ0n) is 12.6. The average Bonchev–Trinajstić information content (AvgIpc) is 3.01. The molecular weight excluding hydrogens is 431 g/mol. The summed E-state index contributed by atoms with van der Waals surface area (Å²) >= 11 is 32.7. The van der Waals surface area contributed by atoms with Gasteiger partial charge in [-0.15, -0.1) is 23.2 Å². The Bertz CT molecular complexity index is 799. The van der Waals surface area contributed by atoms with Gasteiger partial charge in [0.25, 0.3) is 0 Å². The fraction of sp³-hybridized carbons (Fsp3) is 0.375. The third kappa shape index (κ3) is 1.68. The molecule has 2 amide bonds. The van der Waals surface area contributed by atoms with Crippen LogP contribution in [0.3, 0.4) is 0 Å². The number of para-hydroxylation sites is 1. The van der Waals surface area contributed by atoms with Gasteiger partial charge < -0.3 is 4.74 Å². The van der Waals surface area contributed by atoms with Crippen LogP contribution in [0.4, 0.5) is 5.69 Å². The van der Waals surface area contributed by atoms with E-state index in [0.717, 1.165) is 4.90 Å². The summed E-state index contributed by atoms with van der Waals surface area (Å²) in [6.45, 7) is 0. The van der Waals surface area contributed by atoms with Crippen molar-refractivity contribution < 1.29 is 14.3 Å². The van der Waals surface area contributed by atoms with Crippen molar-refractivity contribution in [1.82, 2.24) is 0 Å².